The quantitative estimate of drug-likeness (QED) is 0.316. The molecule has 0 unspecified atom stereocenters. The Hall–Kier alpha value is -1.95. The zero-order valence-corrected chi connectivity index (χ0v) is 10.5. The van der Waals surface area contributed by atoms with Gasteiger partial charge in [-0.2, -0.15) is 0 Å². The molecule has 1 amide bonds. The molecule has 0 spiro atoms. The topological polar surface area (TPSA) is 99.6 Å². The molecule has 0 aliphatic rings. The van der Waals surface area contributed by atoms with Crippen LogP contribution in [0, 0.1) is 0 Å². The van der Waals surface area contributed by atoms with Crippen LogP contribution in [0.2, 0.25) is 0 Å². The largest absolute Gasteiger partial charge is 0.493 e. The highest BCUT2D eigenvalue weighted by atomic mass is 16.5. The van der Waals surface area contributed by atoms with Crippen LogP contribution in [0.1, 0.15) is 24.2 Å². The van der Waals surface area contributed by atoms with E-state index in [1.807, 2.05) is 19.3 Å². The van der Waals surface area contributed by atoms with Crippen LogP contribution in [0.5, 0.6) is 11.5 Å². The normalized spacial score (nSPS) is 8.76. The van der Waals surface area contributed by atoms with Crippen molar-refractivity contribution in [1.29, 1.82) is 0 Å². The summed E-state index contributed by atoms with van der Waals surface area (Å²) in [4.78, 5) is 11.3. The minimum Gasteiger partial charge on any atom is -0.493 e. The highest BCUT2D eigenvalue weighted by Crippen LogP contribution is 2.31. The number of hydrogen-bond acceptors (Lipinski definition) is 5. The molecule has 1 aromatic rings. The lowest BCUT2D eigenvalue weighted by Gasteiger charge is -2.11. The number of ether oxygens (including phenoxy) is 2. The molecule has 0 aliphatic heterocycles. The maximum Gasteiger partial charge on any atom is 0.267 e. The van der Waals surface area contributed by atoms with Gasteiger partial charge in [0, 0.05) is 11.8 Å². The molecular formula is C11H19N3O3. The fraction of sp³-hybridized carbons (Fsp3) is 0.364. The van der Waals surface area contributed by atoms with E-state index in [2.05, 4.69) is 0 Å². The Balaban J connectivity index is 0.00000121. The average Bonchev–Trinajstić information content (AvgIpc) is 2.39. The smallest absolute Gasteiger partial charge is 0.267 e. The van der Waals surface area contributed by atoms with Crippen molar-refractivity contribution in [2.75, 3.05) is 20.0 Å². The first-order valence-electron chi connectivity index (χ1n) is 5.16. The number of hydrazine groups is 1. The standard InChI is InChI=1S/C9H13N3O3.C2H6/c1-14-7-3-5(9(13)12-11)6(10)4-8(7)15-2;1-2/h3-4H,10-11H2,1-2H3,(H,12,13);1-2H3. The molecule has 17 heavy (non-hydrogen) atoms. The van der Waals surface area contributed by atoms with Crippen molar-refractivity contribution in [3.05, 3.63) is 17.7 Å². The van der Waals surface area contributed by atoms with Gasteiger partial charge in [-0.05, 0) is 6.07 Å². The van der Waals surface area contributed by atoms with E-state index >= 15 is 0 Å². The summed E-state index contributed by atoms with van der Waals surface area (Å²) in [6, 6.07) is 2.97. The lowest BCUT2D eigenvalue weighted by molar-refractivity contribution is 0.0954. The van der Waals surface area contributed by atoms with Crippen LogP contribution in [-0.4, -0.2) is 20.1 Å². The maximum absolute atomic E-state index is 11.3. The Labute approximate surface area is 101 Å². The van der Waals surface area contributed by atoms with Gasteiger partial charge in [-0.1, -0.05) is 13.8 Å². The fourth-order valence-electron chi connectivity index (χ4n) is 1.17. The number of hydrogen-bond donors (Lipinski definition) is 3. The number of amides is 1. The van der Waals surface area contributed by atoms with Crippen molar-refractivity contribution in [2.45, 2.75) is 13.8 Å². The van der Waals surface area contributed by atoms with Crippen LogP contribution >= 0.6 is 0 Å². The first kappa shape index (κ1) is 15.0. The molecule has 0 atom stereocenters. The van der Waals surface area contributed by atoms with E-state index in [0.29, 0.717) is 11.5 Å². The number of nitrogen functional groups attached to an aromatic ring is 2. The second-order valence-corrected chi connectivity index (χ2v) is 2.77. The molecular weight excluding hydrogens is 222 g/mol. The van der Waals surface area contributed by atoms with Crippen LogP contribution < -0.4 is 26.5 Å². The average molecular weight is 241 g/mol. The summed E-state index contributed by atoms with van der Waals surface area (Å²) in [5.74, 6) is 5.41. The number of carbonyl (C=O) groups is 1. The molecule has 0 aliphatic carbocycles. The van der Waals surface area contributed by atoms with Crippen LogP contribution in [-0.2, 0) is 0 Å². The van der Waals surface area contributed by atoms with Crippen LogP contribution in [0.15, 0.2) is 12.1 Å². The van der Waals surface area contributed by atoms with Gasteiger partial charge < -0.3 is 15.2 Å². The number of rotatable bonds is 3. The van der Waals surface area contributed by atoms with Crippen molar-refractivity contribution in [1.82, 2.24) is 5.43 Å². The van der Waals surface area contributed by atoms with Crippen LogP contribution in [0.4, 0.5) is 5.69 Å². The predicted molar refractivity (Wildman–Crippen MR) is 67.0 cm³/mol. The lowest BCUT2D eigenvalue weighted by atomic mass is 10.1. The molecule has 5 N–H and O–H groups in total. The third-order valence-electron chi connectivity index (χ3n) is 1.93. The zero-order valence-electron chi connectivity index (χ0n) is 10.5. The minimum absolute atomic E-state index is 0.246. The summed E-state index contributed by atoms with van der Waals surface area (Å²) in [5, 5.41) is 0. The molecule has 0 aromatic heterocycles. The fourth-order valence-corrected chi connectivity index (χ4v) is 1.17. The van der Waals surface area contributed by atoms with Gasteiger partial charge in [-0.3, -0.25) is 10.2 Å². The number of benzene rings is 1. The van der Waals surface area contributed by atoms with Crippen molar-refractivity contribution in [3.63, 3.8) is 0 Å². The summed E-state index contributed by atoms with van der Waals surface area (Å²) in [6.45, 7) is 4.00. The van der Waals surface area contributed by atoms with Crippen molar-refractivity contribution in [2.24, 2.45) is 5.84 Å². The summed E-state index contributed by atoms with van der Waals surface area (Å²) < 4.78 is 10.0. The van der Waals surface area contributed by atoms with E-state index in [0.717, 1.165) is 0 Å². The number of anilines is 1. The molecule has 0 saturated heterocycles. The molecule has 0 radical (unpaired) electrons. The monoisotopic (exact) mass is 241 g/mol. The second kappa shape index (κ2) is 7.34. The maximum atomic E-state index is 11.3. The highest BCUT2D eigenvalue weighted by molar-refractivity contribution is 5.99. The number of methoxy groups -OCH3 is 2. The van der Waals surface area contributed by atoms with Gasteiger partial charge in [-0.25, -0.2) is 5.84 Å². The summed E-state index contributed by atoms with van der Waals surface area (Å²) in [6.07, 6.45) is 0. The SMILES string of the molecule is CC.COc1cc(N)c(C(=O)NN)cc1OC. The van der Waals surface area contributed by atoms with Crippen molar-refractivity contribution < 1.29 is 14.3 Å². The van der Waals surface area contributed by atoms with Crippen molar-refractivity contribution >= 4 is 11.6 Å². The molecule has 0 saturated carbocycles. The Kier molecular flexibility index (Phi) is 6.50. The third-order valence-corrected chi connectivity index (χ3v) is 1.93. The van der Waals surface area contributed by atoms with E-state index in [1.54, 1.807) is 0 Å². The van der Waals surface area contributed by atoms with E-state index < -0.39 is 5.91 Å². The predicted octanol–water partition coefficient (Wildman–Crippen LogP) is 0.916. The molecule has 1 rings (SSSR count). The Morgan fingerprint density at radius 3 is 2.06 bits per heavy atom. The lowest BCUT2D eigenvalue weighted by Crippen LogP contribution is -2.30. The van der Waals surface area contributed by atoms with Gasteiger partial charge in [-0.15, -0.1) is 0 Å². The van der Waals surface area contributed by atoms with E-state index in [9.17, 15) is 4.79 Å². The number of carbonyl (C=O) groups excluding carboxylic acids is 1. The first-order valence-corrected chi connectivity index (χ1v) is 5.16. The number of nitrogens with one attached hydrogen (secondary N) is 1. The summed E-state index contributed by atoms with van der Waals surface area (Å²) in [7, 11) is 2.96. The second-order valence-electron chi connectivity index (χ2n) is 2.77. The first-order chi connectivity index (χ1) is 8.13. The summed E-state index contributed by atoms with van der Waals surface area (Å²) >= 11 is 0. The van der Waals surface area contributed by atoms with Crippen LogP contribution in [0.25, 0.3) is 0 Å². The molecule has 6 nitrogen and oxygen atoms in total. The van der Waals surface area contributed by atoms with Gasteiger partial charge in [0.1, 0.15) is 0 Å². The molecule has 96 valence electrons. The molecule has 6 heteroatoms. The zero-order chi connectivity index (χ0) is 13.4. The van der Waals surface area contributed by atoms with Gasteiger partial charge in [0.25, 0.3) is 5.91 Å². The minimum atomic E-state index is -0.478. The Morgan fingerprint density at radius 2 is 1.65 bits per heavy atom. The third kappa shape index (κ3) is 3.53. The van der Waals surface area contributed by atoms with E-state index in [1.165, 1.54) is 26.4 Å². The Bertz CT molecular complexity index is 380. The van der Waals surface area contributed by atoms with Gasteiger partial charge in [0.2, 0.25) is 0 Å². The molecule has 0 bridgehead atoms. The summed E-state index contributed by atoms with van der Waals surface area (Å²) in [5.41, 5.74) is 8.16. The van der Waals surface area contributed by atoms with Gasteiger partial charge >= 0.3 is 0 Å². The number of nitrogens with two attached hydrogens (primary N) is 2. The van der Waals surface area contributed by atoms with Crippen LogP contribution in [0.3, 0.4) is 0 Å². The van der Waals surface area contributed by atoms with E-state index in [-0.39, 0.29) is 11.3 Å². The highest BCUT2D eigenvalue weighted by Gasteiger charge is 2.13. The molecule has 0 heterocycles. The van der Waals surface area contributed by atoms with Gasteiger partial charge in [0.05, 0.1) is 19.8 Å². The Morgan fingerprint density at radius 1 is 1.18 bits per heavy atom. The molecule has 1 aromatic carbocycles. The van der Waals surface area contributed by atoms with E-state index in [4.69, 9.17) is 21.1 Å². The van der Waals surface area contributed by atoms with Crippen molar-refractivity contribution in [3.8, 4) is 11.5 Å². The molecule has 0 fully saturated rings. The van der Waals surface area contributed by atoms with Gasteiger partial charge in [0.15, 0.2) is 11.5 Å².